The van der Waals surface area contributed by atoms with Crippen molar-refractivity contribution < 1.29 is 9.53 Å². The molecule has 4 heteroatoms. The van der Waals surface area contributed by atoms with Gasteiger partial charge < -0.3 is 15.0 Å². The third-order valence-electron chi connectivity index (χ3n) is 4.12. The zero-order valence-electron chi connectivity index (χ0n) is 11.3. The van der Waals surface area contributed by atoms with Crippen LogP contribution in [0.25, 0.3) is 0 Å². The van der Waals surface area contributed by atoms with Gasteiger partial charge in [-0.15, -0.1) is 0 Å². The van der Waals surface area contributed by atoms with Gasteiger partial charge in [0.25, 0.3) is 5.91 Å². The zero-order chi connectivity index (χ0) is 13.2. The number of nitrogens with one attached hydrogen (secondary N) is 1. The molecule has 1 aromatic carbocycles. The van der Waals surface area contributed by atoms with E-state index in [0.717, 1.165) is 19.4 Å². The summed E-state index contributed by atoms with van der Waals surface area (Å²) in [5, 5.41) is 3.21. The molecule has 1 aliphatic carbocycles. The largest absolute Gasteiger partial charge is 0.366 e. The van der Waals surface area contributed by atoms with E-state index in [4.69, 9.17) is 4.74 Å². The van der Waals surface area contributed by atoms with E-state index >= 15 is 0 Å². The van der Waals surface area contributed by atoms with Crippen LogP contribution in [0.4, 0.5) is 0 Å². The lowest BCUT2D eigenvalue weighted by atomic mass is 10.1. The number of nitrogens with zero attached hydrogens (tertiary/aromatic N) is 1. The Kier molecular flexibility index (Phi) is 3.53. The van der Waals surface area contributed by atoms with Crippen molar-refractivity contribution in [2.45, 2.75) is 25.0 Å². The van der Waals surface area contributed by atoms with Gasteiger partial charge in [-0.3, -0.25) is 4.79 Å². The summed E-state index contributed by atoms with van der Waals surface area (Å²) in [4.78, 5) is 14.3. The molecule has 1 saturated heterocycles. The highest BCUT2D eigenvalue weighted by Gasteiger charge is 2.32. The molecule has 2 atom stereocenters. The Morgan fingerprint density at radius 2 is 2.26 bits per heavy atom. The van der Waals surface area contributed by atoms with Crippen LogP contribution >= 0.6 is 0 Å². The Morgan fingerprint density at radius 3 is 3.05 bits per heavy atom. The summed E-state index contributed by atoms with van der Waals surface area (Å²) in [5.41, 5.74) is 2.66. The summed E-state index contributed by atoms with van der Waals surface area (Å²) in [6.45, 7) is 2.07. The predicted molar refractivity (Wildman–Crippen MR) is 72.9 cm³/mol. The number of hydrogen-bond acceptors (Lipinski definition) is 3. The van der Waals surface area contributed by atoms with Gasteiger partial charge in [0.2, 0.25) is 0 Å². The Labute approximate surface area is 113 Å². The van der Waals surface area contributed by atoms with Crippen molar-refractivity contribution in [1.82, 2.24) is 10.2 Å². The van der Waals surface area contributed by atoms with Gasteiger partial charge in [-0.2, -0.15) is 0 Å². The second-order valence-corrected chi connectivity index (χ2v) is 5.27. The molecule has 1 fully saturated rings. The molecule has 2 unspecified atom stereocenters. The first-order valence-corrected chi connectivity index (χ1v) is 6.94. The van der Waals surface area contributed by atoms with E-state index in [1.165, 1.54) is 11.1 Å². The Hall–Kier alpha value is -1.39. The number of rotatable bonds is 2. The highest BCUT2D eigenvalue weighted by molar-refractivity contribution is 5.81. The number of carbonyl (C=O) groups excluding carboxylic acids is 1. The molecule has 1 heterocycles. The van der Waals surface area contributed by atoms with Crippen LogP contribution in [0.2, 0.25) is 0 Å². The van der Waals surface area contributed by atoms with Crippen molar-refractivity contribution in [3.8, 4) is 0 Å². The SMILES string of the molecule is CN(C(=O)C1CNCCO1)C1CCc2ccccc21. The minimum absolute atomic E-state index is 0.0916. The lowest BCUT2D eigenvalue weighted by Gasteiger charge is -2.31. The Bertz CT molecular complexity index is 469. The van der Waals surface area contributed by atoms with Gasteiger partial charge in [0, 0.05) is 20.1 Å². The molecule has 1 aromatic rings. The van der Waals surface area contributed by atoms with Crippen LogP contribution in [0.15, 0.2) is 24.3 Å². The summed E-state index contributed by atoms with van der Waals surface area (Å²) < 4.78 is 5.55. The van der Waals surface area contributed by atoms with Crippen molar-refractivity contribution in [3.63, 3.8) is 0 Å². The van der Waals surface area contributed by atoms with E-state index < -0.39 is 0 Å². The van der Waals surface area contributed by atoms with E-state index in [1.807, 2.05) is 18.0 Å². The number of hydrogen-bond donors (Lipinski definition) is 1. The van der Waals surface area contributed by atoms with Crippen molar-refractivity contribution in [2.24, 2.45) is 0 Å². The van der Waals surface area contributed by atoms with Crippen LogP contribution in [0.3, 0.4) is 0 Å². The van der Waals surface area contributed by atoms with E-state index in [0.29, 0.717) is 13.2 Å². The quantitative estimate of drug-likeness (QED) is 0.866. The topological polar surface area (TPSA) is 41.6 Å². The molecule has 0 bridgehead atoms. The fourth-order valence-electron chi connectivity index (χ4n) is 3.04. The van der Waals surface area contributed by atoms with Crippen LogP contribution in [-0.2, 0) is 16.0 Å². The third-order valence-corrected chi connectivity index (χ3v) is 4.12. The van der Waals surface area contributed by atoms with E-state index in [2.05, 4.69) is 23.5 Å². The average molecular weight is 260 g/mol. The molecule has 0 radical (unpaired) electrons. The molecule has 3 rings (SSSR count). The Balaban J connectivity index is 1.74. The van der Waals surface area contributed by atoms with Gasteiger partial charge in [-0.05, 0) is 24.0 Å². The van der Waals surface area contributed by atoms with Gasteiger partial charge in [0.05, 0.1) is 12.6 Å². The first-order valence-electron chi connectivity index (χ1n) is 6.94. The smallest absolute Gasteiger partial charge is 0.253 e. The second kappa shape index (κ2) is 5.31. The molecule has 1 N–H and O–H groups in total. The number of amides is 1. The maximum Gasteiger partial charge on any atom is 0.253 e. The molecule has 4 nitrogen and oxygen atoms in total. The summed E-state index contributed by atoms with van der Waals surface area (Å²) in [7, 11) is 1.90. The fraction of sp³-hybridized carbons (Fsp3) is 0.533. The number of fused-ring (bicyclic) bond motifs is 1. The maximum absolute atomic E-state index is 12.5. The van der Waals surface area contributed by atoms with Gasteiger partial charge in [0.15, 0.2) is 0 Å². The van der Waals surface area contributed by atoms with Gasteiger partial charge >= 0.3 is 0 Å². The normalized spacial score (nSPS) is 25.9. The lowest BCUT2D eigenvalue weighted by molar-refractivity contribution is -0.146. The predicted octanol–water partition coefficient (Wildman–Crippen LogP) is 1.12. The number of aryl methyl sites for hydroxylation is 1. The molecule has 1 aliphatic heterocycles. The van der Waals surface area contributed by atoms with Crippen molar-refractivity contribution in [1.29, 1.82) is 0 Å². The second-order valence-electron chi connectivity index (χ2n) is 5.27. The number of benzene rings is 1. The summed E-state index contributed by atoms with van der Waals surface area (Å²) in [5.74, 6) is 0.0916. The number of morpholine rings is 1. The van der Waals surface area contributed by atoms with Crippen LogP contribution in [0.5, 0.6) is 0 Å². The molecule has 0 saturated carbocycles. The number of ether oxygens (including phenoxy) is 1. The van der Waals surface area contributed by atoms with Crippen LogP contribution in [0, 0.1) is 0 Å². The lowest BCUT2D eigenvalue weighted by Crippen LogP contribution is -2.48. The van der Waals surface area contributed by atoms with Crippen molar-refractivity contribution in [2.75, 3.05) is 26.7 Å². The zero-order valence-corrected chi connectivity index (χ0v) is 11.3. The van der Waals surface area contributed by atoms with Crippen molar-refractivity contribution >= 4 is 5.91 Å². The summed E-state index contributed by atoms with van der Waals surface area (Å²) in [6, 6.07) is 8.61. The summed E-state index contributed by atoms with van der Waals surface area (Å²) >= 11 is 0. The van der Waals surface area contributed by atoms with Gasteiger partial charge in [-0.1, -0.05) is 24.3 Å². The first-order chi connectivity index (χ1) is 9.27. The standard InChI is InChI=1S/C15H20N2O2/c1-17(15(18)14-10-16-8-9-19-14)13-7-6-11-4-2-3-5-12(11)13/h2-5,13-14,16H,6-10H2,1H3. The minimum atomic E-state index is -0.327. The molecule has 19 heavy (non-hydrogen) atoms. The molecule has 102 valence electrons. The molecule has 0 spiro atoms. The van der Waals surface area contributed by atoms with Crippen LogP contribution in [-0.4, -0.2) is 43.7 Å². The van der Waals surface area contributed by atoms with Crippen LogP contribution < -0.4 is 5.32 Å². The van der Waals surface area contributed by atoms with E-state index in [-0.39, 0.29) is 18.1 Å². The highest BCUT2D eigenvalue weighted by atomic mass is 16.5. The average Bonchev–Trinajstić information content (AvgIpc) is 2.90. The van der Waals surface area contributed by atoms with Crippen LogP contribution in [0.1, 0.15) is 23.6 Å². The first kappa shape index (κ1) is 12.6. The fourth-order valence-corrected chi connectivity index (χ4v) is 3.04. The minimum Gasteiger partial charge on any atom is -0.366 e. The molecule has 0 aromatic heterocycles. The number of carbonyl (C=O) groups is 1. The molecule has 1 amide bonds. The van der Waals surface area contributed by atoms with E-state index in [1.54, 1.807) is 0 Å². The molecular weight excluding hydrogens is 240 g/mol. The monoisotopic (exact) mass is 260 g/mol. The molecule has 2 aliphatic rings. The summed E-state index contributed by atoms with van der Waals surface area (Å²) in [6.07, 6.45) is 1.75. The third kappa shape index (κ3) is 2.38. The highest BCUT2D eigenvalue weighted by Crippen LogP contribution is 2.35. The maximum atomic E-state index is 12.5. The number of likely N-dealkylation sites (N-methyl/N-ethyl adjacent to an activating group) is 1. The van der Waals surface area contributed by atoms with E-state index in [9.17, 15) is 4.79 Å². The van der Waals surface area contributed by atoms with Gasteiger partial charge in [0.1, 0.15) is 6.10 Å². The van der Waals surface area contributed by atoms with Crippen molar-refractivity contribution in [3.05, 3.63) is 35.4 Å². The Morgan fingerprint density at radius 1 is 1.42 bits per heavy atom. The molecular formula is C15H20N2O2. The van der Waals surface area contributed by atoms with Gasteiger partial charge in [-0.25, -0.2) is 0 Å².